The van der Waals surface area contributed by atoms with Gasteiger partial charge in [-0.3, -0.25) is 4.79 Å². The number of esters is 1. The van der Waals surface area contributed by atoms with Crippen molar-refractivity contribution in [1.29, 1.82) is 0 Å². The van der Waals surface area contributed by atoms with Crippen LogP contribution in [0.15, 0.2) is 42.5 Å². The molecule has 2 aromatic rings. The van der Waals surface area contributed by atoms with Gasteiger partial charge in [0.1, 0.15) is 5.75 Å². The van der Waals surface area contributed by atoms with Crippen molar-refractivity contribution in [2.75, 3.05) is 12.4 Å². The molecular formula is C19H16F3NO4. The van der Waals surface area contributed by atoms with Gasteiger partial charge in [0, 0.05) is 5.69 Å². The van der Waals surface area contributed by atoms with Gasteiger partial charge in [0.15, 0.2) is 0 Å². The largest absolute Gasteiger partial charge is 0.573 e. The van der Waals surface area contributed by atoms with Crippen molar-refractivity contribution in [2.45, 2.75) is 25.1 Å². The molecule has 0 radical (unpaired) electrons. The maximum absolute atomic E-state index is 12.6. The highest BCUT2D eigenvalue weighted by Gasteiger charge is 2.43. The molecule has 0 aliphatic carbocycles. The summed E-state index contributed by atoms with van der Waals surface area (Å²) in [4.78, 5) is 24.3. The molecule has 3 rings (SSSR count). The molecule has 1 amide bonds. The molecule has 0 spiro atoms. The number of rotatable bonds is 4. The van der Waals surface area contributed by atoms with E-state index in [1.165, 1.54) is 19.2 Å². The SMILES string of the molecule is COC(=O)c1cccc(CC2(C)C(=O)Nc3ccc(OC(F)(F)F)cc32)c1. The Kier molecular flexibility index (Phi) is 4.59. The summed E-state index contributed by atoms with van der Waals surface area (Å²) in [6, 6.07) is 10.3. The zero-order valence-corrected chi connectivity index (χ0v) is 14.5. The van der Waals surface area contributed by atoms with Crippen molar-refractivity contribution in [1.82, 2.24) is 0 Å². The zero-order chi connectivity index (χ0) is 19.8. The second kappa shape index (κ2) is 6.61. The average molecular weight is 379 g/mol. The van der Waals surface area contributed by atoms with Gasteiger partial charge in [0.25, 0.3) is 0 Å². The van der Waals surface area contributed by atoms with E-state index in [1.54, 1.807) is 31.2 Å². The highest BCUT2D eigenvalue weighted by atomic mass is 19.4. The molecular weight excluding hydrogens is 363 g/mol. The number of hydrogen-bond donors (Lipinski definition) is 1. The second-order valence-corrected chi connectivity index (χ2v) is 6.41. The van der Waals surface area contributed by atoms with Crippen LogP contribution < -0.4 is 10.1 Å². The van der Waals surface area contributed by atoms with E-state index >= 15 is 0 Å². The molecule has 1 unspecified atom stereocenters. The first-order valence-electron chi connectivity index (χ1n) is 8.01. The van der Waals surface area contributed by atoms with Gasteiger partial charge in [0.05, 0.1) is 18.1 Å². The molecule has 1 heterocycles. The van der Waals surface area contributed by atoms with Gasteiger partial charge in [0.2, 0.25) is 5.91 Å². The standard InChI is InChI=1S/C19H16F3NO4/c1-18(10-11-4-3-5-12(8-11)16(24)26-2)14-9-13(27-19(20,21)22)6-7-15(14)23-17(18)25/h3-9H,10H2,1-2H3,(H,23,25). The molecule has 0 saturated carbocycles. The number of amides is 1. The molecule has 142 valence electrons. The highest BCUT2D eigenvalue weighted by molar-refractivity contribution is 6.06. The van der Waals surface area contributed by atoms with E-state index in [9.17, 15) is 22.8 Å². The Hall–Kier alpha value is -3.03. The maximum Gasteiger partial charge on any atom is 0.573 e. The first kappa shape index (κ1) is 18.8. The molecule has 0 saturated heterocycles. The molecule has 2 aromatic carbocycles. The smallest absolute Gasteiger partial charge is 0.465 e. The number of ether oxygens (including phenoxy) is 2. The summed E-state index contributed by atoms with van der Waals surface area (Å²) in [5.74, 6) is -1.25. The Morgan fingerprint density at radius 1 is 1.19 bits per heavy atom. The third-order valence-electron chi connectivity index (χ3n) is 4.47. The maximum atomic E-state index is 12.6. The predicted octanol–water partition coefficient (Wildman–Crippen LogP) is 3.82. The zero-order valence-electron chi connectivity index (χ0n) is 14.5. The molecule has 5 nitrogen and oxygen atoms in total. The topological polar surface area (TPSA) is 64.6 Å². The number of fused-ring (bicyclic) bond motifs is 1. The fraction of sp³-hybridized carbons (Fsp3) is 0.263. The van der Waals surface area contributed by atoms with E-state index < -0.39 is 23.5 Å². The first-order valence-corrected chi connectivity index (χ1v) is 8.01. The van der Waals surface area contributed by atoms with Crippen LogP contribution in [0.5, 0.6) is 5.75 Å². The van der Waals surface area contributed by atoms with Crippen molar-refractivity contribution in [3.05, 3.63) is 59.2 Å². The number of anilines is 1. The number of carbonyl (C=O) groups excluding carboxylic acids is 2. The molecule has 27 heavy (non-hydrogen) atoms. The van der Waals surface area contributed by atoms with Crippen molar-refractivity contribution in [2.24, 2.45) is 0 Å². The van der Waals surface area contributed by atoms with Crippen LogP contribution in [0.4, 0.5) is 18.9 Å². The lowest BCUT2D eigenvalue weighted by Gasteiger charge is -2.23. The van der Waals surface area contributed by atoms with E-state index in [2.05, 4.69) is 14.8 Å². The molecule has 1 aliphatic heterocycles. The summed E-state index contributed by atoms with van der Waals surface area (Å²) >= 11 is 0. The second-order valence-electron chi connectivity index (χ2n) is 6.41. The van der Waals surface area contributed by atoms with Crippen molar-refractivity contribution >= 4 is 17.6 Å². The summed E-state index contributed by atoms with van der Waals surface area (Å²) in [5.41, 5.74) is 0.713. The summed E-state index contributed by atoms with van der Waals surface area (Å²) < 4.78 is 46.2. The third kappa shape index (κ3) is 3.74. The number of methoxy groups -OCH3 is 1. The van der Waals surface area contributed by atoms with Crippen LogP contribution >= 0.6 is 0 Å². The highest BCUT2D eigenvalue weighted by Crippen LogP contribution is 2.42. The lowest BCUT2D eigenvalue weighted by Crippen LogP contribution is -2.33. The van der Waals surface area contributed by atoms with Crippen molar-refractivity contribution < 1.29 is 32.2 Å². The van der Waals surface area contributed by atoms with Gasteiger partial charge >= 0.3 is 12.3 Å². The Bertz CT molecular complexity index is 910. The number of hydrogen-bond acceptors (Lipinski definition) is 4. The van der Waals surface area contributed by atoms with Crippen molar-refractivity contribution in [3.8, 4) is 5.75 Å². The minimum absolute atomic E-state index is 0.187. The Morgan fingerprint density at radius 2 is 1.93 bits per heavy atom. The van der Waals surface area contributed by atoms with Gasteiger partial charge in [-0.25, -0.2) is 4.79 Å². The number of alkyl halides is 3. The van der Waals surface area contributed by atoms with Gasteiger partial charge in [-0.15, -0.1) is 13.2 Å². The third-order valence-corrected chi connectivity index (χ3v) is 4.47. The summed E-state index contributed by atoms with van der Waals surface area (Å²) in [6.07, 6.45) is -4.64. The van der Waals surface area contributed by atoms with Crippen LogP contribution in [-0.2, 0) is 21.4 Å². The van der Waals surface area contributed by atoms with Gasteiger partial charge in [-0.1, -0.05) is 12.1 Å². The Labute approximate surface area is 153 Å². The van der Waals surface area contributed by atoms with E-state index in [0.29, 0.717) is 22.4 Å². The normalized spacial score (nSPS) is 18.6. The molecule has 8 heteroatoms. The fourth-order valence-electron chi connectivity index (χ4n) is 3.18. The monoisotopic (exact) mass is 379 g/mol. The first-order chi connectivity index (χ1) is 12.6. The quantitative estimate of drug-likeness (QED) is 0.821. The predicted molar refractivity (Wildman–Crippen MR) is 90.6 cm³/mol. The van der Waals surface area contributed by atoms with Gasteiger partial charge in [-0.05, 0) is 54.8 Å². The van der Waals surface area contributed by atoms with Crippen LogP contribution in [0, 0.1) is 0 Å². The number of nitrogens with one attached hydrogen (secondary N) is 1. The molecule has 1 N–H and O–H groups in total. The fourth-order valence-corrected chi connectivity index (χ4v) is 3.18. The molecule has 0 bridgehead atoms. The number of benzene rings is 2. The van der Waals surface area contributed by atoms with E-state index in [1.807, 2.05) is 0 Å². The molecule has 0 aromatic heterocycles. The average Bonchev–Trinajstić information content (AvgIpc) is 2.84. The van der Waals surface area contributed by atoms with E-state index in [-0.39, 0.29) is 12.3 Å². The van der Waals surface area contributed by atoms with Crippen LogP contribution in [0.1, 0.15) is 28.4 Å². The van der Waals surface area contributed by atoms with Crippen molar-refractivity contribution in [3.63, 3.8) is 0 Å². The number of carbonyl (C=O) groups is 2. The Balaban J connectivity index is 1.96. The van der Waals surface area contributed by atoms with Gasteiger partial charge < -0.3 is 14.8 Å². The minimum atomic E-state index is -4.82. The minimum Gasteiger partial charge on any atom is -0.465 e. The van der Waals surface area contributed by atoms with Gasteiger partial charge in [-0.2, -0.15) is 0 Å². The van der Waals surface area contributed by atoms with Crippen LogP contribution in [0.2, 0.25) is 0 Å². The van der Waals surface area contributed by atoms with E-state index in [4.69, 9.17) is 0 Å². The Morgan fingerprint density at radius 3 is 2.59 bits per heavy atom. The van der Waals surface area contributed by atoms with Crippen LogP contribution in [-0.4, -0.2) is 25.3 Å². The lowest BCUT2D eigenvalue weighted by molar-refractivity contribution is -0.274. The molecule has 0 fully saturated rings. The summed E-state index contributed by atoms with van der Waals surface area (Å²) in [7, 11) is 1.26. The molecule has 1 aliphatic rings. The lowest BCUT2D eigenvalue weighted by atomic mass is 9.78. The van der Waals surface area contributed by atoms with Crippen LogP contribution in [0.3, 0.4) is 0 Å². The molecule has 1 atom stereocenters. The van der Waals surface area contributed by atoms with E-state index in [0.717, 1.165) is 6.07 Å². The summed E-state index contributed by atoms with van der Waals surface area (Å²) in [6.45, 7) is 1.64. The van der Waals surface area contributed by atoms with Crippen LogP contribution in [0.25, 0.3) is 0 Å². The summed E-state index contributed by atoms with van der Waals surface area (Å²) in [5, 5.41) is 2.68. The number of halogens is 3.